The summed E-state index contributed by atoms with van der Waals surface area (Å²) in [6.45, 7) is 11.8. The Balaban J connectivity index is 1.63. The number of aliphatic imine (C=N–C) groups is 1. The van der Waals surface area contributed by atoms with Crippen molar-refractivity contribution in [2.75, 3.05) is 0 Å². The van der Waals surface area contributed by atoms with Crippen LogP contribution >= 0.6 is 11.3 Å². The van der Waals surface area contributed by atoms with Crippen LogP contribution in [-0.2, 0) is 0 Å². The summed E-state index contributed by atoms with van der Waals surface area (Å²) in [6.07, 6.45) is 6.99. The number of thiophene rings is 1. The Morgan fingerprint density at radius 2 is 2.06 bits per heavy atom. The number of H-pyrrole nitrogens is 2. The van der Waals surface area contributed by atoms with E-state index in [-0.39, 0.29) is 0 Å². The van der Waals surface area contributed by atoms with Crippen LogP contribution in [0.3, 0.4) is 0 Å². The molecule has 0 atom stereocenters. The van der Waals surface area contributed by atoms with Crippen molar-refractivity contribution in [1.29, 1.82) is 0 Å². The molecule has 0 aliphatic rings. The summed E-state index contributed by atoms with van der Waals surface area (Å²) < 4.78 is 0. The molecule has 0 saturated heterocycles. The van der Waals surface area contributed by atoms with Gasteiger partial charge in [-0.05, 0) is 43.7 Å². The number of imidazole rings is 1. The molecular formula is C26H22N6S. The van der Waals surface area contributed by atoms with Crippen molar-refractivity contribution in [3.63, 3.8) is 0 Å². The molecule has 162 valence electrons. The first-order valence-electron chi connectivity index (χ1n) is 10.5. The molecule has 0 fully saturated rings. The van der Waals surface area contributed by atoms with E-state index >= 15 is 0 Å². The van der Waals surface area contributed by atoms with Crippen molar-refractivity contribution in [1.82, 2.24) is 25.1 Å². The number of fused-ring (bicyclic) bond motifs is 2. The van der Waals surface area contributed by atoms with Gasteiger partial charge in [-0.3, -0.25) is 15.1 Å². The van der Waals surface area contributed by atoms with Crippen LogP contribution in [0.15, 0.2) is 73.0 Å². The Hall–Kier alpha value is -4.10. The van der Waals surface area contributed by atoms with Gasteiger partial charge in [0.2, 0.25) is 0 Å². The van der Waals surface area contributed by atoms with Gasteiger partial charge < -0.3 is 4.98 Å². The molecule has 2 N–H and O–H groups in total. The summed E-state index contributed by atoms with van der Waals surface area (Å²) in [6, 6.07) is 12.4. The zero-order valence-corrected chi connectivity index (χ0v) is 19.2. The fourth-order valence-electron chi connectivity index (χ4n) is 3.69. The molecule has 5 aromatic rings. The molecule has 6 nitrogen and oxygen atoms in total. The van der Waals surface area contributed by atoms with E-state index in [9.17, 15) is 0 Å². The van der Waals surface area contributed by atoms with E-state index in [1.54, 1.807) is 36.0 Å². The molecule has 4 heterocycles. The van der Waals surface area contributed by atoms with Crippen molar-refractivity contribution in [2.45, 2.75) is 13.8 Å². The lowest BCUT2D eigenvalue weighted by atomic mass is 10.1. The van der Waals surface area contributed by atoms with Crippen molar-refractivity contribution in [2.24, 2.45) is 4.99 Å². The zero-order valence-electron chi connectivity index (χ0n) is 18.4. The number of aromatic amines is 2. The Labute approximate surface area is 195 Å². The minimum Gasteiger partial charge on any atom is -0.337 e. The zero-order chi connectivity index (χ0) is 22.9. The van der Waals surface area contributed by atoms with Gasteiger partial charge in [-0.25, -0.2) is 4.98 Å². The molecular weight excluding hydrogens is 428 g/mol. The van der Waals surface area contributed by atoms with E-state index in [0.29, 0.717) is 5.82 Å². The summed E-state index contributed by atoms with van der Waals surface area (Å²) >= 11 is 1.72. The predicted octanol–water partition coefficient (Wildman–Crippen LogP) is 6.88. The fraction of sp³-hybridized carbons (Fsp3) is 0.0769. The number of nitrogens with zero attached hydrogens (tertiary/aromatic N) is 4. The van der Waals surface area contributed by atoms with Gasteiger partial charge in [0.1, 0.15) is 5.69 Å². The Bertz CT molecular complexity index is 1580. The maximum absolute atomic E-state index is 4.95. The van der Waals surface area contributed by atoms with Crippen LogP contribution in [0.5, 0.6) is 0 Å². The monoisotopic (exact) mass is 450 g/mol. The van der Waals surface area contributed by atoms with Crippen LogP contribution in [0.4, 0.5) is 0 Å². The van der Waals surface area contributed by atoms with E-state index in [1.165, 1.54) is 4.88 Å². The molecule has 0 bridgehead atoms. The standard InChI is InChI=1S/C26H22N6S/c1-5-16(13-27-6-2)20-12-18-21(14-28-20)31-32-25(18)26-29-19-9-7-8-17(24(19)30-26)23-11-10-22(33-23)15(3)4/h5-14H,1,3H2,2,4H3,(H,29,30)(H,31,32)/b16-13+,27-6?. The number of aromatic nitrogens is 5. The van der Waals surface area contributed by atoms with E-state index in [1.807, 2.05) is 32.0 Å². The molecule has 0 unspecified atom stereocenters. The van der Waals surface area contributed by atoms with Gasteiger partial charge in [0, 0.05) is 38.7 Å². The smallest absolute Gasteiger partial charge is 0.159 e. The summed E-state index contributed by atoms with van der Waals surface area (Å²) in [5.41, 5.74) is 7.20. The SMILES string of the molecule is C=C/C(=C\N=CC)c1cc2c(-c3nc4c(-c5ccc(C(=C)C)s5)cccc4[nH]3)n[nH]c2cn1. The highest BCUT2D eigenvalue weighted by Crippen LogP contribution is 2.36. The van der Waals surface area contributed by atoms with Gasteiger partial charge in [-0.15, -0.1) is 11.3 Å². The maximum atomic E-state index is 4.95. The minimum absolute atomic E-state index is 0.702. The van der Waals surface area contributed by atoms with E-state index < -0.39 is 0 Å². The lowest BCUT2D eigenvalue weighted by Crippen LogP contribution is -1.87. The quantitative estimate of drug-likeness (QED) is 0.218. The second-order valence-electron chi connectivity index (χ2n) is 7.61. The number of para-hydroxylation sites is 1. The van der Waals surface area contributed by atoms with Crippen molar-refractivity contribution < 1.29 is 0 Å². The Morgan fingerprint density at radius 1 is 1.18 bits per heavy atom. The molecule has 7 heteroatoms. The van der Waals surface area contributed by atoms with E-state index in [0.717, 1.165) is 54.9 Å². The van der Waals surface area contributed by atoms with Crippen LogP contribution in [0, 0.1) is 0 Å². The molecule has 0 aliphatic heterocycles. The molecule has 0 spiro atoms. The number of benzene rings is 1. The highest BCUT2D eigenvalue weighted by atomic mass is 32.1. The third kappa shape index (κ3) is 3.72. The van der Waals surface area contributed by atoms with Gasteiger partial charge in [0.15, 0.2) is 5.82 Å². The van der Waals surface area contributed by atoms with Crippen LogP contribution in [0.2, 0.25) is 0 Å². The molecule has 33 heavy (non-hydrogen) atoms. The molecule has 0 radical (unpaired) electrons. The first kappa shape index (κ1) is 20.8. The summed E-state index contributed by atoms with van der Waals surface area (Å²) in [4.78, 5) is 19.5. The highest BCUT2D eigenvalue weighted by Gasteiger charge is 2.17. The van der Waals surface area contributed by atoms with E-state index in [2.05, 4.69) is 56.5 Å². The number of nitrogens with one attached hydrogen (secondary N) is 2. The Morgan fingerprint density at radius 3 is 2.82 bits per heavy atom. The first-order valence-corrected chi connectivity index (χ1v) is 11.3. The van der Waals surface area contributed by atoms with Gasteiger partial charge in [-0.2, -0.15) is 5.10 Å². The van der Waals surface area contributed by atoms with Crippen LogP contribution < -0.4 is 0 Å². The van der Waals surface area contributed by atoms with Gasteiger partial charge in [-0.1, -0.05) is 31.4 Å². The number of pyridine rings is 1. The average molecular weight is 451 g/mol. The van der Waals surface area contributed by atoms with Gasteiger partial charge >= 0.3 is 0 Å². The lowest BCUT2D eigenvalue weighted by Gasteiger charge is -2.01. The summed E-state index contributed by atoms with van der Waals surface area (Å²) in [5.74, 6) is 0.702. The highest BCUT2D eigenvalue weighted by molar-refractivity contribution is 7.16. The molecule has 0 amide bonds. The van der Waals surface area contributed by atoms with Crippen molar-refractivity contribution >= 4 is 50.6 Å². The first-order chi connectivity index (χ1) is 16.1. The molecule has 0 aliphatic carbocycles. The minimum atomic E-state index is 0.702. The third-order valence-corrected chi connectivity index (χ3v) is 6.64. The number of hydrogen-bond acceptors (Lipinski definition) is 5. The third-order valence-electron chi connectivity index (χ3n) is 5.35. The summed E-state index contributed by atoms with van der Waals surface area (Å²) in [5, 5.41) is 8.53. The normalized spacial score (nSPS) is 12.2. The summed E-state index contributed by atoms with van der Waals surface area (Å²) in [7, 11) is 0. The molecule has 0 saturated carbocycles. The Kier molecular flexibility index (Phi) is 5.32. The van der Waals surface area contributed by atoms with E-state index in [4.69, 9.17) is 4.98 Å². The van der Waals surface area contributed by atoms with Crippen molar-refractivity contribution in [3.8, 4) is 22.0 Å². The average Bonchev–Trinajstić information content (AvgIpc) is 3.56. The number of rotatable bonds is 6. The van der Waals surface area contributed by atoms with Crippen LogP contribution in [0.1, 0.15) is 24.4 Å². The van der Waals surface area contributed by atoms with Gasteiger partial charge in [0.25, 0.3) is 0 Å². The largest absolute Gasteiger partial charge is 0.337 e. The molecule has 4 aromatic heterocycles. The van der Waals surface area contributed by atoms with Gasteiger partial charge in [0.05, 0.1) is 28.4 Å². The number of hydrogen-bond donors (Lipinski definition) is 2. The predicted molar refractivity (Wildman–Crippen MR) is 139 cm³/mol. The number of allylic oxidation sites excluding steroid dienone is 3. The lowest BCUT2D eigenvalue weighted by molar-refractivity contribution is 1.10. The second-order valence-corrected chi connectivity index (χ2v) is 8.70. The fourth-order valence-corrected chi connectivity index (χ4v) is 4.65. The molecule has 1 aromatic carbocycles. The molecule has 5 rings (SSSR count). The topological polar surface area (TPSA) is 82.6 Å². The maximum Gasteiger partial charge on any atom is 0.159 e. The van der Waals surface area contributed by atoms with Crippen molar-refractivity contribution in [3.05, 3.63) is 78.6 Å². The van der Waals surface area contributed by atoms with Crippen LogP contribution in [0.25, 0.3) is 55.0 Å². The van der Waals surface area contributed by atoms with Crippen LogP contribution in [-0.4, -0.2) is 31.4 Å². The second kappa shape index (κ2) is 8.44.